The first-order chi connectivity index (χ1) is 26.7. The van der Waals surface area contributed by atoms with Crippen LogP contribution in [0.2, 0.25) is 0 Å². The molecule has 5 atom stereocenters. The van der Waals surface area contributed by atoms with E-state index in [1.807, 2.05) is 18.3 Å². The summed E-state index contributed by atoms with van der Waals surface area (Å²) in [4.78, 5) is 20.3. The van der Waals surface area contributed by atoms with Gasteiger partial charge in [0.1, 0.15) is 0 Å². The molecule has 3 aromatic heterocycles. The molecule has 1 spiro atoms. The fraction of sp³-hybridized carbons (Fsp3) is 0.188. The lowest BCUT2D eigenvalue weighted by Gasteiger charge is -2.43. The van der Waals surface area contributed by atoms with Crippen molar-refractivity contribution in [3.63, 3.8) is 0 Å². The number of aromatic nitrogens is 4. The largest absolute Gasteiger partial charge is 0.264 e. The highest BCUT2D eigenvalue weighted by Crippen LogP contribution is 2.73. The van der Waals surface area contributed by atoms with Crippen molar-refractivity contribution in [2.24, 2.45) is 23.7 Å². The quantitative estimate of drug-likeness (QED) is 0.182. The number of thiophene rings is 1. The van der Waals surface area contributed by atoms with Crippen LogP contribution in [0.1, 0.15) is 42.4 Å². The molecule has 8 aromatic rings. The Kier molecular flexibility index (Phi) is 6.33. The zero-order chi connectivity index (χ0) is 35.5. The van der Waals surface area contributed by atoms with E-state index in [4.69, 9.17) is 19.9 Å². The van der Waals surface area contributed by atoms with E-state index in [0.717, 1.165) is 39.7 Å². The normalized spacial score (nSPS) is 22.9. The molecule has 54 heavy (non-hydrogen) atoms. The minimum atomic E-state index is -0.116. The Morgan fingerprint density at radius 3 is 2.17 bits per heavy atom. The molecule has 5 unspecified atom stereocenters. The Hall–Kier alpha value is -6.03. The van der Waals surface area contributed by atoms with Crippen LogP contribution in [0.15, 0.2) is 128 Å². The highest BCUT2D eigenvalue weighted by Gasteiger charge is 2.66. The molecule has 256 valence electrons. The molecular weight excluding hydrogens is 679 g/mol. The van der Waals surface area contributed by atoms with Crippen LogP contribution in [0.25, 0.3) is 76.6 Å². The van der Waals surface area contributed by atoms with Crippen molar-refractivity contribution in [1.29, 1.82) is 5.26 Å². The van der Waals surface area contributed by atoms with E-state index < -0.39 is 0 Å². The SMILES string of the molecule is N#Cc1cc(-c2nc(-c3ccc(-c4ccccc4)cc3)nc(-c3ccc4sc5ccccc5c4c3)n2)cc2c1-c1ccncc1C21C2CC3CC(C2)C1C3. The molecule has 6 heteroatoms. The van der Waals surface area contributed by atoms with E-state index in [-0.39, 0.29) is 5.41 Å². The monoisotopic (exact) mass is 711 g/mol. The average Bonchev–Trinajstić information content (AvgIpc) is 3.91. The lowest BCUT2D eigenvalue weighted by atomic mass is 9.59. The van der Waals surface area contributed by atoms with Gasteiger partial charge in [0.2, 0.25) is 0 Å². The molecule has 5 aromatic carbocycles. The van der Waals surface area contributed by atoms with Gasteiger partial charge in [-0.3, -0.25) is 4.98 Å². The maximum absolute atomic E-state index is 10.8. The van der Waals surface area contributed by atoms with Gasteiger partial charge in [-0.05, 0) is 120 Å². The number of nitriles is 1. The van der Waals surface area contributed by atoms with E-state index >= 15 is 0 Å². The summed E-state index contributed by atoms with van der Waals surface area (Å²) in [7, 11) is 0. The number of pyridine rings is 1. The first-order valence-electron chi connectivity index (χ1n) is 19.0. The molecule has 0 radical (unpaired) electrons. The van der Waals surface area contributed by atoms with Gasteiger partial charge in [0.25, 0.3) is 0 Å². The Morgan fingerprint density at radius 1 is 0.611 bits per heavy atom. The van der Waals surface area contributed by atoms with Crippen LogP contribution in [0.3, 0.4) is 0 Å². The first-order valence-corrected chi connectivity index (χ1v) is 19.8. The van der Waals surface area contributed by atoms with Crippen molar-refractivity contribution >= 4 is 31.5 Å². The van der Waals surface area contributed by atoms with Gasteiger partial charge < -0.3 is 0 Å². The van der Waals surface area contributed by atoms with Crippen LogP contribution in [0.4, 0.5) is 0 Å². The smallest absolute Gasteiger partial charge is 0.164 e. The third-order valence-electron chi connectivity index (χ3n) is 13.2. The third kappa shape index (κ3) is 4.19. The van der Waals surface area contributed by atoms with Gasteiger partial charge in [0, 0.05) is 60.2 Å². The minimum absolute atomic E-state index is 0.116. The van der Waals surface area contributed by atoms with Gasteiger partial charge in [-0.15, -0.1) is 11.3 Å². The summed E-state index contributed by atoms with van der Waals surface area (Å²) in [5.41, 5.74) is 10.5. The summed E-state index contributed by atoms with van der Waals surface area (Å²) in [6, 6.07) is 43.2. The van der Waals surface area contributed by atoms with Crippen LogP contribution in [0, 0.1) is 35.0 Å². The van der Waals surface area contributed by atoms with Crippen molar-refractivity contribution in [1.82, 2.24) is 19.9 Å². The van der Waals surface area contributed by atoms with E-state index in [1.54, 1.807) is 11.3 Å². The molecule has 0 N–H and O–H groups in total. The predicted octanol–water partition coefficient (Wildman–Crippen LogP) is 11.5. The Labute approximate surface area is 317 Å². The predicted molar refractivity (Wildman–Crippen MR) is 216 cm³/mol. The number of fused-ring (bicyclic) bond motifs is 6. The van der Waals surface area contributed by atoms with Gasteiger partial charge in [-0.2, -0.15) is 5.26 Å². The molecular formula is C48H33N5S. The second kappa shape index (κ2) is 11.2. The molecule has 5 nitrogen and oxygen atoms in total. The van der Waals surface area contributed by atoms with Gasteiger partial charge in [-0.1, -0.05) is 72.8 Å². The van der Waals surface area contributed by atoms with Gasteiger partial charge in [-0.25, -0.2) is 15.0 Å². The number of hydrogen-bond acceptors (Lipinski definition) is 6. The van der Waals surface area contributed by atoms with Gasteiger partial charge >= 0.3 is 0 Å². The average molecular weight is 712 g/mol. The lowest BCUT2D eigenvalue weighted by Crippen LogP contribution is -2.40. The zero-order valence-corrected chi connectivity index (χ0v) is 30.2. The topological polar surface area (TPSA) is 75.3 Å². The maximum atomic E-state index is 10.8. The van der Waals surface area contributed by atoms with E-state index in [0.29, 0.717) is 34.9 Å². The molecule has 4 saturated carbocycles. The summed E-state index contributed by atoms with van der Waals surface area (Å²) in [5.74, 6) is 4.53. The summed E-state index contributed by atoms with van der Waals surface area (Å²) >= 11 is 1.81. The van der Waals surface area contributed by atoms with Crippen molar-refractivity contribution < 1.29 is 0 Å². The Morgan fingerprint density at radius 2 is 1.33 bits per heavy atom. The molecule has 3 heterocycles. The summed E-state index contributed by atoms with van der Waals surface area (Å²) in [5, 5.41) is 13.3. The summed E-state index contributed by atoms with van der Waals surface area (Å²) in [6.45, 7) is 0. The molecule has 4 fully saturated rings. The highest BCUT2D eigenvalue weighted by molar-refractivity contribution is 7.25. The fourth-order valence-electron chi connectivity index (χ4n) is 11.3. The summed E-state index contributed by atoms with van der Waals surface area (Å²) in [6.07, 6.45) is 9.13. The summed E-state index contributed by atoms with van der Waals surface area (Å²) < 4.78 is 2.50. The second-order valence-electron chi connectivity index (χ2n) is 15.8. The van der Waals surface area contributed by atoms with Crippen LogP contribution >= 0.6 is 11.3 Å². The van der Waals surface area contributed by atoms with E-state index in [1.165, 1.54) is 68.1 Å². The molecule has 0 saturated heterocycles. The Balaban J connectivity index is 1.07. The molecule has 5 aliphatic rings. The molecule has 0 amide bonds. The first kappa shape index (κ1) is 30.4. The standard InChI is InChI=1S/C48H33N5S/c49-25-34-21-33(24-40-44(34)37-16-17-50-26-41(37)48(40)35-19-27-18-32(22-35)39(48)20-27)47-52-45(30-12-10-29(11-13-30)28-6-2-1-3-7-28)51-46(53-47)31-14-15-43-38(23-31)36-8-4-5-9-42(36)54-43/h1-17,21,23-24,26-27,32,35,39H,18-20,22H2. The van der Waals surface area contributed by atoms with Crippen LogP contribution < -0.4 is 0 Å². The number of nitrogens with zero attached hydrogens (tertiary/aromatic N) is 5. The van der Waals surface area contributed by atoms with Crippen molar-refractivity contribution in [3.8, 4) is 62.5 Å². The van der Waals surface area contributed by atoms with Crippen LogP contribution in [-0.4, -0.2) is 19.9 Å². The fourth-order valence-corrected chi connectivity index (χ4v) is 12.3. The van der Waals surface area contributed by atoms with Gasteiger partial charge in [0.05, 0.1) is 11.6 Å². The molecule has 13 rings (SSSR count). The Bertz CT molecular complexity index is 2890. The highest BCUT2D eigenvalue weighted by atomic mass is 32.1. The van der Waals surface area contributed by atoms with Crippen LogP contribution in [0.5, 0.6) is 0 Å². The third-order valence-corrected chi connectivity index (χ3v) is 14.4. The number of benzene rings is 5. The molecule has 4 bridgehead atoms. The van der Waals surface area contributed by atoms with Gasteiger partial charge in [0.15, 0.2) is 17.5 Å². The van der Waals surface area contributed by atoms with Crippen molar-refractivity contribution in [3.05, 3.63) is 144 Å². The molecule has 5 aliphatic carbocycles. The zero-order valence-electron chi connectivity index (χ0n) is 29.4. The second-order valence-corrected chi connectivity index (χ2v) is 16.9. The van der Waals surface area contributed by atoms with E-state index in [2.05, 4.69) is 115 Å². The number of hydrogen-bond donors (Lipinski definition) is 0. The van der Waals surface area contributed by atoms with Crippen molar-refractivity contribution in [2.75, 3.05) is 0 Å². The van der Waals surface area contributed by atoms with Crippen LogP contribution in [-0.2, 0) is 5.41 Å². The van der Waals surface area contributed by atoms with E-state index in [9.17, 15) is 5.26 Å². The number of rotatable bonds is 4. The minimum Gasteiger partial charge on any atom is -0.264 e. The molecule has 0 aliphatic heterocycles. The lowest BCUT2D eigenvalue weighted by molar-refractivity contribution is 0.190. The van der Waals surface area contributed by atoms with Crippen molar-refractivity contribution in [2.45, 2.75) is 31.1 Å². The maximum Gasteiger partial charge on any atom is 0.164 e.